The fourth-order valence-corrected chi connectivity index (χ4v) is 3.07. The van der Waals surface area contributed by atoms with Crippen molar-refractivity contribution in [2.45, 2.75) is 64.9 Å². The monoisotopic (exact) mass is 428 g/mol. The Labute approximate surface area is 186 Å². The highest BCUT2D eigenvalue weighted by Crippen LogP contribution is 2.30. The van der Waals surface area contributed by atoms with E-state index in [1.807, 2.05) is 30.5 Å². The number of rotatable bonds is 15. The van der Waals surface area contributed by atoms with E-state index in [9.17, 15) is 0 Å². The summed E-state index contributed by atoms with van der Waals surface area (Å²) in [5, 5.41) is 0. The third-order valence-corrected chi connectivity index (χ3v) is 5.44. The second-order valence-electron chi connectivity index (χ2n) is 8.08. The summed E-state index contributed by atoms with van der Waals surface area (Å²) in [6.45, 7) is 10.2. The van der Waals surface area contributed by atoms with E-state index in [4.69, 9.17) is 23.9 Å². The first-order valence-electron chi connectivity index (χ1n) is 11.6. The van der Waals surface area contributed by atoms with Crippen molar-refractivity contribution < 1.29 is 18.9 Å². The minimum Gasteiger partial charge on any atom is -0.494 e. The van der Waals surface area contributed by atoms with Crippen molar-refractivity contribution in [1.29, 1.82) is 0 Å². The molecule has 1 saturated heterocycles. The van der Waals surface area contributed by atoms with E-state index in [0.29, 0.717) is 30.8 Å². The molecule has 0 aliphatic carbocycles. The van der Waals surface area contributed by atoms with Crippen molar-refractivity contribution >= 4 is 0 Å². The van der Waals surface area contributed by atoms with Gasteiger partial charge in [-0.15, -0.1) is 0 Å². The maximum atomic E-state index is 5.97. The van der Waals surface area contributed by atoms with Crippen molar-refractivity contribution in [3.8, 4) is 23.0 Å². The van der Waals surface area contributed by atoms with E-state index in [0.717, 1.165) is 62.4 Å². The van der Waals surface area contributed by atoms with E-state index in [-0.39, 0.29) is 6.10 Å². The largest absolute Gasteiger partial charge is 0.494 e. The quantitative estimate of drug-likeness (QED) is 0.279. The van der Waals surface area contributed by atoms with E-state index < -0.39 is 0 Å². The van der Waals surface area contributed by atoms with Crippen molar-refractivity contribution in [2.75, 3.05) is 33.0 Å². The van der Waals surface area contributed by atoms with Gasteiger partial charge in [-0.1, -0.05) is 27.2 Å². The molecule has 1 aliphatic heterocycles. The average Bonchev–Trinajstić information content (AvgIpc) is 3.64. The fourth-order valence-electron chi connectivity index (χ4n) is 3.07. The zero-order chi connectivity index (χ0) is 21.9. The zero-order valence-corrected chi connectivity index (χ0v) is 19.1. The summed E-state index contributed by atoms with van der Waals surface area (Å²) in [5.41, 5.74) is 1.99. The SMILES string of the molecule is CCCCOCCCCOc1ccc(-c2ncc([C@@H](C)CC)c(OC[C@@H]3CO3)n2)cc1. The number of aromatic nitrogens is 2. The fraction of sp³-hybridized carbons (Fsp3) is 0.600. The smallest absolute Gasteiger partial charge is 0.220 e. The Bertz CT molecular complexity index is 778. The van der Waals surface area contributed by atoms with Crippen molar-refractivity contribution in [2.24, 2.45) is 0 Å². The van der Waals surface area contributed by atoms with Crippen LogP contribution in [0.1, 0.15) is 64.4 Å². The summed E-state index contributed by atoms with van der Waals surface area (Å²) in [6.07, 6.45) is 7.42. The highest BCUT2D eigenvalue weighted by molar-refractivity contribution is 5.57. The number of benzene rings is 1. The van der Waals surface area contributed by atoms with Crippen molar-refractivity contribution in [3.63, 3.8) is 0 Å². The summed E-state index contributed by atoms with van der Waals surface area (Å²) in [5.74, 6) is 2.53. The minimum atomic E-state index is 0.197. The molecule has 2 aromatic rings. The molecule has 6 heteroatoms. The molecule has 0 N–H and O–H groups in total. The van der Waals surface area contributed by atoms with Crippen LogP contribution in [0.2, 0.25) is 0 Å². The molecule has 0 spiro atoms. The Morgan fingerprint density at radius 1 is 1.03 bits per heavy atom. The second-order valence-corrected chi connectivity index (χ2v) is 8.08. The minimum absolute atomic E-state index is 0.197. The first-order valence-corrected chi connectivity index (χ1v) is 11.6. The summed E-state index contributed by atoms with van der Waals surface area (Å²) in [7, 11) is 0. The molecule has 170 valence electrons. The van der Waals surface area contributed by atoms with Crippen LogP contribution >= 0.6 is 0 Å². The van der Waals surface area contributed by atoms with Gasteiger partial charge in [-0.05, 0) is 55.9 Å². The molecule has 1 fully saturated rings. The number of ether oxygens (including phenoxy) is 4. The van der Waals surface area contributed by atoms with E-state index in [1.165, 1.54) is 6.42 Å². The lowest BCUT2D eigenvalue weighted by Crippen LogP contribution is -2.10. The third kappa shape index (κ3) is 7.78. The molecule has 0 saturated carbocycles. The van der Waals surface area contributed by atoms with Gasteiger partial charge in [0.05, 0.1) is 13.2 Å². The van der Waals surface area contributed by atoms with Crippen molar-refractivity contribution in [1.82, 2.24) is 9.97 Å². The Morgan fingerprint density at radius 2 is 1.77 bits per heavy atom. The van der Waals surface area contributed by atoms with Crippen LogP contribution in [0.5, 0.6) is 11.6 Å². The van der Waals surface area contributed by atoms with Crippen LogP contribution in [0.3, 0.4) is 0 Å². The normalized spacial score (nSPS) is 16.2. The first-order chi connectivity index (χ1) is 15.2. The molecule has 31 heavy (non-hydrogen) atoms. The Morgan fingerprint density at radius 3 is 2.48 bits per heavy atom. The van der Waals surface area contributed by atoms with Crippen LogP contribution in [0.15, 0.2) is 30.5 Å². The Kier molecular flexibility index (Phi) is 9.56. The Hall–Kier alpha value is -2.18. The number of nitrogens with zero attached hydrogens (tertiary/aromatic N) is 2. The van der Waals surface area contributed by atoms with Crippen LogP contribution < -0.4 is 9.47 Å². The third-order valence-electron chi connectivity index (χ3n) is 5.44. The number of unbranched alkanes of at least 4 members (excludes halogenated alkanes) is 2. The zero-order valence-electron chi connectivity index (χ0n) is 19.1. The van der Waals surface area contributed by atoms with Gasteiger partial charge in [0.15, 0.2) is 5.82 Å². The van der Waals surface area contributed by atoms with Gasteiger partial charge in [0, 0.05) is 30.5 Å². The summed E-state index contributed by atoms with van der Waals surface area (Å²) < 4.78 is 22.7. The molecule has 3 rings (SSSR count). The number of hydrogen-bond donors (Lipinski definition) is 0. The maximum Gasteiger partial charge on any atom is 0.220 e. The van der Waals surface area contributed by atoms with Crippen LogP contribution in [-0.4, -0.2) is 49.1 Å². The van der Waals surface area contributed by atoms with Crippen molar-refractivity contribution in [3.05, 3.63) is 36.0 Å². The lowest BCUT2D eigenvalue weighted by atomic mass is 10.0. The first kappa shape index (κ1) is 23.5. The molecule has 1 aliphatic rings. The summed E-state index contributed by atoms with van der Waals surface area (Å²) in [4.78, 5) is 9.31. The van der Waals surface area contributed by atoms with Gasteiger partial charge in [-0.3, -0.25) is 0 Å². The maximum absolute atomic E-state index is 5.97. The molecule has 0 unspecified atom stereocenters. The molecule has 2 heterocycles. The van der Waals surface area contributed by atoms with E-state index >= 15 is 0 Å². The Balaban J connectivity index is 1.52. The summed E-state index contributed by atoms with van der Waals surface area (Å²) in [6, 6.07) is 7.93. The molecule has 1 aromatic heterocycles. The van der Waals surface area contributed by atoms with Gasteiger partial charge < -0.3 is 18.9 Å². The predicted octanol–water partition coefficient (Wildman–Crippen LogP) is 5.41. The van der Waals surface area contributed by atoms with Gasteiger partial charge in [-0.2, -0.15) is 4.98 Å². The van der Waals surface area contributed by atoms with Gasteiger partial charge in [-0.25, -0.2) is 4.98 Å². The lowest BCUT2D eigenvalue weighted by Gasteiger charge is -2.15. The van der Waals surface area contributed by atoms with Crippen LogP contribution in [0, 0.1) is 0 Å². The van der Waals surface area contributed by atoms with Crippen LogP contribution in [-0.2, 0) is 9.47 Å². The lowest BCUT2D eigenvalue weighted by molar-refractivity contribution is 0.123. The van der Waals surface area contributed by atoms with Crippen LogP contribution in [0.25, 0.3) is 11.4 Å². The predicted molar refractivity (Wildman–Crippen MR) is 122 cm³/mol. The van der Waals surface area contributed by atoms with Gasteiger partial charge in [0.25, 0.3) is 0 Å². The van der Waals surface area contributed by atoms with E-state index in [1.54, 1.807) is 0 Å². The van der Waals surface area contributed by atoms with Gasteiger partial charge in [0.1, 0.15) is 18.5 Å². The molecular formula is C25H36N2O4. The number of hydrogen-bond acceptors (Lipinski definition) is 6. The molecule has 1 aromatic carbocycles. The molecular weight excluding hydrogens is 392 g/mol. The molecule has 0 bridgehead atoms. The molecule has 0 radical (unpaired) electrons. The standard InChI is InChI=1S/C25H36N2O4/c1-4-6-13-28-14-7-8-15-29-21-11-9-20(10-12-21)24-26-16-23(19(3)5-2)25(27-24)31-18-22-17-30-22/h9-12,16,19,22H,4-8,13-15,17-18H2,1-3H3/t19-,22-/m0/s1. The molecule has 2 atom stereocenters. The average molecular weight is 429 g/mol. The summed E-state index contributed by atoms with van der Waals surface area (Å²) >= 11 is 0. The van der Waals surface area contributed by atoms with Crippen LogP contribution in [0.4, 0.5) is 0 Å². The molecule has 0 amide bonds. The van der Waals surface area contributed by atoms with Gasteiger partial charge in [0.2, 0.25) is 5.88 Å². The highest BCUT2D eigenvalue weighted by Gasteiger charge is 2.24. The topological polar surface area (TPSA) is 66.0 Å². The second kappa shape index (κ2) is 12.6. The molecule has 6 nitrogen and oxygen atoms in total. The highest BCUT2D eigenvalue weighted by atomic mass is 16.6. The van der Waals surface area contributed by atoms with Gasteiger partial charge >= 0.3 is 0 Å². The number of epoxide rings is 1. The van der Waals surface area contributed by atoms with E-state index in [2.05, 4.69) is 25.8 Å².